The lowest BCUT2D eigenvalue weighted by Crippen LogP contribution is -2.35. The molecule has 19 heavy (non-hydrogen) atoms. The van der Waals surface area contributed by atoms with Crippen LogP contribution in [0.5, 0.6) is 0 Å². The van der Waals surface area contributed by atoms with Crippen LogP contribution in [0.3, 0.4) is 0 Å². The maximum atomic E-state index is 12.7. The highest BCUT2D eigenvalue weighted by Crippen LogP contribution is 2.23. The molecule has 0 bridgehead atoms. The fourth-order valence-corrected chi connectivity index (χ4v) is 1.27. The molecule has 0 aromatic carbocycles. The number of nitrogens with zero attached hydrogens (tertiary/aromatic N) is 1. The van der Waals surface area contributed by atoms with Crippen molar-refractivity contribution in [3.05, 3.63) is 23.4 Å². The minimum Gasteiger partial charge on any atom is -0.478 e. The number of alkyl halides is 4. The molecule has 0 aliphatic carbocycles. The third kappa shape index (κ3) is 4.08. The van der Waals surface area contributed by atoms with Gasteiger partial charge in [-0.3, -0.25) is 0 Å². The molecule has 0 atom stereocenters. The molecule has 0 amide bonds. The summed E-state index contributed by atoms with van der Waals surface area (Å²) >= 11 is 0. The van der Waals surface area contributed by atoms with E-state index in [0.717, 1.165) is 6.07 Å². The monoisotopic (exact) mass is 280 g/mol. The molecule has 1 heterocycles. The molecular weight excluding hydrogens is 268 g/mol. The van der Waals surface area contributed by atoms with Gasteiger partial charge in [-0.2, -0.15) is 8.78 Å². The van der Waals surface area contributed by atoms with Crippen molar-refractivity contribution >= 4 is 11.8 Å². The van der Waals surface area contributed by atoms with E-state index in [0.29, 0.717) is 12.1 Å². The first kappa shape index (κ1) is 15.2. The van der Waals surface area contributed by atoms with E-state index in [1.54, 1.807) is 6.92 Å². The number of halogens is 4. The van der Waals surface area contributed by atoms with Gasteiger partial charge < -0.3 is 10.4 Å². The van der Waals surface area contributed by atoms with Gasteiger partial charge in [0.05, 0.1) is 12.1 Å². The second kappa shape index (κ2) is 5.85. The van der Waals surface area contributed by atoms with E-state index in [4.69, 9.17) is 5.11 Å². The third-order valence-corrected chi connectivity index (χ3v) is 2.31. The zero-order chi connectivity index (χ0) is 14.6. The van der Waals surface area contributed by atoms with Gasteiger partial charge in [0.1, 0.15) is 5.82 Å². The van der Waals surface area contributed by atoms with Crippen molar-refractivity contribution in [3.8, 4) is 0 Å². The molecule has 106 valence electrons. The Labute approximate surface area is 106 Å². The van der Waals surface area contributed by atoms with Crippen molar-refractivity contribution < 1.29 is 27.5 Å². The van der Waals surface area contributed by atoms with Crippen molar-refractivity contribution in [2.24, 2.45) is 0 Å². The van der Waals surface area contributed by atoms with Crippen LogP contribution in [0.15, 0.2) is 12.1 Å². The fourth-order valence-electron chi connectivity index (χ4n) is 1.27. The van der Waals surface area contributed by atoms with Crippen LogP contribution in [-0.4, -0.2) is 35.0 Å². The van der Waals surface area contributed by atoms with Crippen LogP contribution in [0.2, 0.25) is 0 Å². The minimum absolute atomic E-state index is 0.144. The molecule has 0 saturated carbocycles. The van der Waals surface area contributed by atoms with E-state index in [2.05, 4.69) is 4.98 Å². The third-order valence-electron chi connectivity index (χ3n) is 2.31. The summed E-state index contributed by atoms with van der Waals surface area (Å²) in [6, 6.07) is 2.31. The molecule has 8 heteroatoms. The van der Waals surface area contributed by atoms with E-state index in [9.17, 15) is 22.4 Å². The number of hydrogen-bond acceptors (Lipinski definition) is 3. The van der Waals surface area contributed by atoms with Gasteiger partial charge in [0, 0.05) is 5.69 Å². The molecule has 0 unspecified atom stereocenters. The topological polar surface area (TPSA) is 62.2 Å². The number of carbonyl (C=O) groups is 1. The summed E-state index contributed by atoms with van der Waals surface area (Å²) in [6.45, 7) is 0.384. The van der Waals surface area contributed by atoms with E-state index in [-0.39, 0.29) is 11.4 Å². The molecule has 1 rings (SSSR count). The summed E-state index contributed by atoms with van der Waals surface area (Å²) in [7, 11) is 0. The summed E-state index contributed by atoms with van der Waals surface area (Å²) in [5.41, 5.74) is 0.220. The quantitative estimate of drug-likeness (QED) is 0.786. The molecule has 1 aromatic heterocycles. The second-order valence-corrected chi connectivity index (χ2v) is 3.81. The minimum atomic E-state index is -4.20. The number of pyridine rings is 1. The van der Waals surface area contributed by atoms with Crippen LogP contribution in [-0.2, 0) is 6.42 Å². The van der Waals surface area contributed by atoms with Crippen LogP contribution in [0, 0.1) is 0 Å². The Morgan fingerprint density at radius 2 is 2.11 bits per heavy atom. The van der Waals surface area contributed by atoms with Gasteiger partial charge in [0.15, 0.2) is 0 Å². The van der Waals surface area contributed by atoms with Gasteiger partial charge in [-0.1, -0.05) is 6.92 Å². The zero-order valence-electron chi connectivity index (χ0n) is 9.96. The highest BCUT2D eigenvalue weighted by atomic mass is 19.3. The van der Waals surface area contributed by atoms with Gasteiger partial charge in [-0.25, -0.2) is 18.6 Å². The average Bonchev–Trinajstić information content (AvgIpc) is 2.35. The fraction of sp³-hybridized carbons (Fsp3) is 0.455. The van der Waals surface area contributed by atoms with Gasteiger partial charge in [0.2, 0.25) is 0 Å². The number of nitrogens with one attached hydrogen (secondary N) is 1. The Bertz CT molecular complexity index is 466. The van der Waals surface area contributed by atoms with Crippen LogP contribution in [0.25, 0.3) is 0 Å². The van der Waals surface area contributed by atoms with Crippen molar-refractivity contribution in [1.82, 2.24) is 4.98 Å². The Hall–Kier alpha value is -1.86. The van der Waals surface area contributed by atoms with E-state index in [1.807, 2.05) is 5.32 Å². The second-order valence-electron chi connectivity index (χ2n) is 3.81. The predicted octanol–water partition coefficient (Wildman–Crippen LogP) is 2.65. The number of carboxylic acids is 1. The lowest BCUT2D eigenvalue weighted by Gasteiger charge is -2.16. The van der Waals surface area contributed by atoms with Gasteiger partial charge in [-0.05, 0) is 18.6 Å². The zero-order valence-corrected chi connectivity index (χ0v) is 9.96. The maximum Gasteiger partial charge on any atom is 0.335 e. The SMILES string of the molecule is CCc1cc(C(=O)O)cc(NCC(F)(F)C(F)F)n1. The molecular formula is C11H12F4N2O2. The summed E-state index contributed by atoms with van der Waals surface area (Å²) in [5, 5.41) is 10.9. The Balaban J connectivity index is 2.89. The molecule has 0 aliphatic rings. The predicted molar refractivity (Wildman–Crippen MR) is 60.0 cm³/mol. The van der Waals surface area contributed by atoms with E-state index >= 15 is 0 Å². The largest absolute Gasteiger partial charge is 0.478 e. The number of aryl methyl sites for hydroxylation is 1. The first-order chi connectivity index (χ1) is 8.76. The van der Waals surface area contributed by atoms with Crippen LogP contribution in [0.4, 0.5) is 23.4 Å². The Morgan fingerprint density at radius 1 is 1.47 bits per heavy atom. The lowest BCUT2D eigenvalue weighted by atomic mass is 10.2. The average molecular weight is 280 g/mol. The molecule has 0 aliphatic heterocycles. The van der Waals surface area contributed by atoms with Crippen LogP contribution >= 0.6 is 0 Å². The molecule has 0 radical (unpaired) electrons. The number of aromatic nitrogens is 1. The molecule has 0 fully saturated rings. The van der Waals surface area contributed by atoms with E-state index < -0.39 is 24.9 Å². The summed E-state index contributed by atoms with van der Waals surface area (Å²) in [6.07, 6.45) is -3.41. The van der Waals surface area contributed by atoms with Crippen LogP contribution in [0.1, 0.15) is 23.0 Å². The Morgan fingerprint density at radius 3 is 2.58 bits per heavy atom. The lowest BCUT2D eigenvalue weighted by molar-refractivity contribution is -0.117. The highest BCUT2D eigenvalue weighted by molar-refractivity contribution is 5.88. The van der Waals surface area contributed by atoms with Crippen LogP contribution < -0.4 is 5.32 Å². The molecule has 2 N–H and O–H groups in total. The first-order valence-corrected chi connectivity index (χ1v) is 5.40. The number of rotatable bonds is 6. The summed E-state index contributed by atoms with van der Waals surface area (Å²) in [5.74, 6) is -5.62. The smallest absolute Gasteiger partial charge is 0.335 e. The Kier molecular flexibility index (Phi) is 4.68. The van der Waals surface area contributed by atoms with Gasteiger partial charge >= 0.3 is 18.3 Å². The maximum absolute atomic E-state index is 12.7. The normalized spacial score (nSPS) is 11.7. The van der Waals surface area contributed by atoms with Crippen molar-refractivity contribution in [2.75, 3.05) is 11.9 Å². The van der Waals surface area contributed by atoms with Crippen molar-refractivity contribution in [3.63, 3.8) is 0 Å². The van der Waals surface area contributed by atoms with Gasteiger partial charge in [-0.15, -0.1) is 0 Å². The number of carboxylic acid groups (broad SMARTS) is 1. The number of anilines is 1. The summed E-state index contributed by atoms with van der Waals surface area (Å²) < 4.78 is 49.4. The standard InChI is InChI=1S/C11H12F4N2O2/c1-2-7-3-6(9(18)19)4-8(17-7)16-5-11(14,15)10(12)13/h3-4,10H,2,5H2,1H3,(H,16,17)(H,18,19). The number of hydrogen-bond donors (Lipinski definition) is 2. The summed E-state index contributed by atoms with van der Waals surface area (Å²) in [4.78, 5) is 14.7. The van der Waals surface area contributed by atoms with Gasteiger partial charge in [0.25, 0.3) is 0 Å². The van der Waals surface area contributed by atoms with Crippen molar-refractivity contribution in [1.29, 1.82) is 0 Å². The van der Waals surface area contributed by atoms with E-state index in [1.165, 1.54) is 6.07 Å². The molecule has 1 aromatic rings. The highest BCUT2D eigenvalue weighted by Gasteiger charge is 2.40. The first-order valence-electron chi connectivity index (χ1n) is 5.40. The number of aromatic carboxylic acids is 1. The molecule has 4 nitrogen and oxygen atoms in total. The molecule has 0 spiro atoms. The van der Waals surface area contributed by atoms with Crippen molar-refractivity contribution in [2.45, 2.75) is 25.7 Å². The molecule has 0 saturated heterocycles.